The SMILES string of the molecule is C[C@H]1CCCN(CC2=CN3CN(c4cccc(C5(c6nncn6C)CC(O)C5)c4)C=C3C(C(F)(F)F)=C2)C1. The van der Waals surface area contributed by atoms with Gasteiger partial charge in [0, 0.05) is 38.2 Å². The highest BCUT2D eigenvalue weighted by molar-refractivity contribution is 5.59. The Bertz CT molecular complexity index is 1310. The van der Waals surface area contributed by atoms with Crippen molar-refractivity contribution >= 4 is 5.69 Å². The van der Waals surface area contributed by atoms with E-state index in [9.17, 15) is 18.3 Å². The highest BCUT2D eigenvalue weighted by atomic mass is 19.4. The molecule has 6 rings (SSSR count). The molecular weight excluding hydrogens is 493 g/mol. The second-order valence-corrected chi connectivity index (χ2v) is 11.3. The Morgan fingerprint density at radius 1 is 1.16 bits per heavy atom. The maximum Gasteiger partial charge on any atom is 0.418 e. The zero-order valence-corrected chi connectivity index (χ0v) is 21.7. The van der Waals surface area contributed by atoms with Crippen LogP contribution in [0.5, 0.6) is 0 Å². The Hall–Kier alpha value is -3.11. The first kappa shape index (κ1) is 25.2. The van der Waals surface area contributed by atoms with Crippen LogP contribution in [0.25, 0.3) is 0 Å². The number of likely N-dealkylation sites (tertiary alicyclic amines) is 1. The first-order chi connectivity index (χ1) is 18.1. The summed E-state index contributed by atoms with van der Waals surface area (Å²) in [5, 5.41) is 18.6. The molecule has 1 atom stereocenters. The van der Waals surface area contributed by atoms with Crippen LogP contribution in [0.3, 0.4) is 0 Å². The number of nitrogens with zero attached hydrogens (tertiary/aromatic N) is 6. The molecule has 2 fully saturated rings. The number of aryl methyl sites for hydroxylation is 1. The van der Waals surface area contributed by atoms with Gasteiger partial charge in [0.25, 0.3) is 0 Å². The van der Waals surface area contributed by atoms with Crippen molar-refractivity contribution in [2.45, 2.75) is 50.3 Å². The van der Waals surface area contributed by atoms with Gasteiger partial charge < -0.3 is 19.5 Å². The summed E-state index contributed by atoms with van der Waals surface area (Å²) in [4.78, 5) is 5.83. The topological polar surface area (TPSA) is 60.7 Å². The summed E-state index contributed by atoms with van der Waals surface area (Å²) in [6.07, 6.45) is 4.86. The number of fused-ring (bicyclic) bond motifs is 1. The average molecular weight is 527 g/mol. The molecule has 0 spiro atoms. The second-order valence-electron chi connectivity index (χ2n) is 11.3. The third-order valence-corrected chi connectivity index (χ3v) is 8.31. The molecule has 1 saturated heterocycles. The van der Waals surface area contributed by atoms with Crippen molar-refractivity contribution in [1.82, 2.24) is 24.6 Å². The average Bonchev–Trinajstić information content (AvgIpc) is 3.47. The molecule has 1 aromatic carbocycles. The minimum atomic E-state index is -4.45. The number of anilines is 1. The van der Waals surface area contributed by atoms with Crippen LogP contribution in [0.4, 0.5) is 18.9 Å². The van der Waals surface area contributed by atoms with Gasteiger partial charge in [-0.3, -0.25) is 4.90 Å². The van der Waals surface area contributed by atoms with Crippen LogP contribution in [0.2, 0.25) is 0 Å². The lowest BCUT2D eigenvalue weighted by Crippen LogP contribution is -2.47. The van der Waals surface area contributed by atoms with Crippen molar-refractivity contribution < 1.29 is 18.3 Å². The summed E-state index contributed by atoms with van der Waals surface area (Å²) >= 11 is 0. The van der Waals surface area contributed by atoms with E-state index < -0.39 is 23.3 Å². The van der Waals surface area contributed by atoms with E-state index in [1.54, 1.807) is 17.4 Å². The number of benzene rings is 1. The second kappa shape index (κ2) is 9.27. The quantitative estimate of drug-likeness (QED) is 0.627. The number of alkyl halides is 3. The minimum Gasteiger partial charge on any atom is -0.393 e. The molecule has 7 nitrogen and oxygen atoms in total. The van der Waals surface area contributed by atoms with E-state index in [1.165, 1.54) is 12.5 Å². The van der Waals surface area contributed by atoms with Gasteiger partial charge in [0.05, 0.1) is 29.5 Å². The maximum absolute atomic E-state index is 14.2. The fourth-order valence-electron chi connectivity index (χ4n) is 6.48. The molecule has 2 aromatic rings. The van der Waals surface area contributed by atoms with Crippen LogP contribution in [0.1, 0.15) is 44.0 Å². The number of halogens is 3. The van der Waals surface area contributed by atoms with Gasteiger partial charge >= 0.3 is 6.18 Å². The number of aliphatic hydroxyl groups is 1. The molecule has 0 unspecified atom stereocenters. The Balaban J connectivity index is 1.29. The van der Waals surface area contributed by atoms with Crippen molar-refractivity contribution in [2.24, 2.45) is 13.0 Å². The summed E-state index contributed by atoms with van der Waals surface area (Å²) in [5.74, 6) is 1.34. The molecule has 0 bridgehead atoms. The van der Waals surface area contributed by atoms with Crippen LogP contribution in [-0.2, 0) is 12.5 Å². The van der Waals surface area contributed by atoms with Gasteiger partial charge in [-0.2, -0.15) is 13.2 Å². The number of rotatable bonds is 5. The lowest BCUT2D eigenvalue weighted by Gasteiger charge is -2.45. The summed E-state index contributed by atoms with van der Waals surface area (Å²) in [6, 6.07) is 7.84. The lowest BCUT2D eigenvalue weighted by molar-refractivity contribution is -0.0911. The third kappa shape index (κ3) is 4.43. The molecule has 38 heavy (non-hydrogen) atoms. The lowest BCUT2D eigenvalue weighted by atomic mass is 9.62. The van der Waals surface area contributed by atoms with E-state index in [2.05, 4.69) is 22.0 Å². The summed E-state index contributed by atoms with van der Waals surface area (Å²) in [7, 11) is 1.88. The van der Waals surface area contributed by atoms with Crippen molar-refractivity contribution in [2.75, 3.05) is 31.2 Å². The highest BCUT2D eigenvalue weighted by Gasteiger charge is 2.49. The summed E-state index contributed by atoms with van der Waals surface area (Å²) < 4.78 is 44.5. The molecule has 4 aliphatic rings. The summed E-state index contributed by atoms with van der Waals surface area (Å²) in [5.41, 5.74) is 1.55. The van der Waals surface area contributed by atoms with E-state index >= 15 is 0 Å². The van der Waals surface area contributed by atoms with E-state index in [0.717, 1.165) is 36.6 Å². The Kier molecular flexibility index (Phi) is 6.14. The molecule has 1 saturated carbocycles. The zero-order chi connectivity index (χ0) is 26.7. The van der Waals surface area contributed by atoms with E-state index in [-0.39, 0.29) is 5.70 Å². The fourth-order valence-corrected chi connectivity index (χ4v) is 6.48. The van der Waals surface area contributed by atoms with E-state index in [1.807, 2.05) is 47.0 Å². The smallest absolute Gasteiger partial charge is 0.393 e. The van der Waals surface area contributed by atoms with Gasteiger partial charge in [-0.15, -0.1) is 10.2 Å². The van der Waals surface area contributed by atoms with Crippen LogP contribution in [0.15, 0.2) is 65.9 Å². The Morgan fingerprint density at radius 3 is 2.66 bits per heavy atom. The van der Waals surface area contributed by atoms with Crippen LogP contribution >= 0.6 is 0 Å². The van der Waals surface area contributed by atoms with Crippen molar-refractivity contribution in [3.8, 4) is 0 Å². The molecule has 0 amide bonds. The monoisotopic (exact) mass is 526 g/mol. The standard InChI is InChI=1S/C28H33F3N6O/c1-19-5-4-8-35(13-19)14-20-9-24(28(29,30)31)25-16-36(18-37(25)15-20)22-7-3-6-21(10-22)27(11-23(38)12-27)26-33-32-17-34(26)2/h3,6-7,9-10,15-17,19,23,38H,4-5,8,11-14,18H2,1-2H3/t19-,23?,27?/m0/s1. The molecule has 0 radical (unpaired) electrons. The Morgan fingerprint density at radius 2 is 1.97 bits per heavy atom. The minimum absolute atomic E-state index is 0.167. The van der Waals surface area contributed by atoms with Gasteiger partial charge in [-0.25, -0.2) is 0 Å². The highest BCUT2D eigenvalue weighted by Crippen LogP contribution is 2.49. The third-order valence-electron chi connectivity index (χ3n) is 8.31. The van der Waals surface area contributed by atoms with Crippen LogP contribution in [-0.4, -0.2) is 68.3 Å². The number of piperidine rings is 1. The number of hydrogen-bond acceptors (Lipinski definition) is 6. The van der Waals surface area contributed by atoms with Crippen LogP contribution < -0.4 is 4.90 Å². The first-order valence-corrected chi connectivity index (χ1v) is 13.2. The number of aliphatic hydroxyl groups excluding tert-OH is 1. The molecule has 202 valence electrons. The zero-order valence-electron chi connectivity index (χ0n) is 21.7. The van der Waals surface area contributed by atoms with Crippen molar-refractivity contribution in [1.29, 1.82) is 0 Å². The molecule has 4 heterocycles. The van der Waals surface area contributed by atoms with E-state index in [0.29, 0.717) is 37.5 Å². The van der Waals surface area contributed by atoms with Gasteiger partial charge in [-0.05, 0) is 67.5 Å². The van der Waals surface area contributed by atoms with Gasteiger partial charge in [0.15, 0.2) is 0 Å². The number of hydrogen-bond donors (Lipinski definition) is 1. The van der Waals surface area contributed by atoms with Gasteiger partial charge in [0.1, 0.15) is 12.2 Å². The fraction of sp³-hybridized carbons (Fsp3) is 0.500. The normalized spacial score (nSPS) is 28.0. The van der Waals surface area contributed by atoms with E-state index in [4.69, 9.17) is 0 Å². The Labute approximate surface area is 220 Å². The van der Waals surface area contributed by atoms with Crippen molar-refractivity contribution in [3.63, 3.8) is 0 Å². The molecule has 3 aliphatic heterocycles. The number of allylic oxidation sites excluding steroid dienone is 1. The van der Waals surface area contributed by atoms with Crippen LogP contribution in [0, 0.1) is 5.92 Å². The molecular formula is C28H33F3N6O. The predicted molar refractivity (Wildman–Crippen MR) is 138 cm³/mol. The molecule has 1 aliphatic carbocycles. The van der Waals surface area contributed by atoms with Gasteiger partial charge in [-0.1, -0.05) is 19.1 Å². The predicted octanol–water partition coefficient (Wildman–Crippen LogP) is 4.29. The summed E-state index contributed by atoms with van der Waals surface area (Å²) in [6.45, 7) is 4.85. The molecule has 1 N–H and O–H groups in total. The van der Waals surface area contributed by atoms with Gasteiger partial charge in [0.2, 0.25) is 0 Å². The maximum atomic E-state index is 14.2. The molecule has 10 heteroatoms. The van der Waals surface area contributed by atoms with Crippen molar-refractivity contribution in [3.05, 3.63) is 77.3 Å². The largest absolute Gasteiger partial charge is 0.418 e. The molecule has 1 aromatic heterocycles. The first-order valence-electron chi connectivity index (χ1n) is 13.2. The number of aromatic nitrogens is 3.